The topological polar surface area (TPSA) is 71.1 Å². The number of ether oxygens (including phenoxy) is 2. The third kappa shape index (κ3) is 3.55. The fourth-order valence-corrected chi connectivity index (χ4v) is 2.91. The van der Waals surface area contributed by atoms with Gasteiger partial charge in [0.15, 0.2) is 11.5 Å². The Morgan fingerprint density at radius 3 is 2.33 bits per heavy atom. The molecule has 1 saturated heterocycles. The van der Waals surface area contributed by atoms with Gasteiger partial charge in [-0.05, 0) is 24.6 Å². The van der Waals surface area contributed by atoms with Crippen molar-refractivity contribution in [1.82, 2.24) is 15.1 Å². The average Bonchev–Trinajstić information content (AvgIpc) is 2.61. The van der Waals surface area contributed by atoms with Gasteiger partial charge in [-0.2, -0.15) is 0 Å². The SMILES string of the molecule is CC(=O)N1CCN(C(=O)N[C@H](C)c2ccc3c(c2)OCCO3)CC1. The van der Waals surface area contributed by atoms with Gasteiger partial charge in [0.2, 0.25) is 5.91 Å². The van der Waals surface area contributed by atoms with Gasteiger partial charge >= 0.3 is 6.03 Å². The summed E-state index contributed by atoms with van der Waals surface area (Å²) in [6, 6.07) is 5.47. The van der Waals surface area contributed by atoms with E-state index in [1.54, 1.807) is 16.7 Å². The minimum absolute atomic E-state index is 0.0553. The van der Waals surface area contributed by atoms with E-state index in [-0.39, 0.29) is 18.0 Å². The number of benzene rings is 1. The number of nitrogens with zero attached hydrogens (tertiary/aromatic N) is 2. The summed E-state index contributed by atoms with van der Waals surface area (Å²) < 4.78 is 11.1. The highest BCUT2D eigenvalue weighted by Crippen LogP contribution is 2.32. The third-order valence-electron chi connectivity index (χ3n) is 4.42. The highest BCUT2D eigenvalue weighted by atomic mass is 16.6. The van der Waals surface area contributed by atoms with Crippen molar-refractivity contribution in [2.24, 2.45) is 0 Å². The number of hydrogen-bond acceptors (Lipinski definition) is 4. The maximum atomic E-state index is 12.4. The molecule has 1 N–H and O–H groups in total. The fourth-order valence-electron chi connectivity index (χ4n) is 2.91. The summed E-state index contributed by atoms with van der Waals surface area (Å²) in [6.07, 6.45) is 0. The Hall–Kier alpha value is -2.44. The summed E-state index contributed by atoms with van der Waals surface area (Å²) >= 11 is 0. The fraction of sp³-hybridized carbons (Fsp3) is 0.529. The van der Waals surface area contributed by atoms with Crippen molar-refractivity contribution < 1.29 is 19.1 Å². The van der Waals surface area contributed by atoms with E-state index in [2.05, 4.69) is 5.32 Å². The molecule has 7 nitrogen and oxygen atoms in total. The lowest BCUT2D eigenvalue weighted by atomic mass is 10.1. The predicted molar refractivity (Wildman–Crippen MR) is 88.2 cm³/mol. The summed E-state index contributed by atoms with van der Waals surface area (Å²) in [7, 11) is 0. The molecular formula is C17H23N3O4. The predicted octanol–water partition coefficient (Wildman–Crippen LogP) is 1.39. The zero-order valence-electron chi connectivity index (χ0n) is 14.1. The van der Waals surface area contributed by atoms with Crippen LogP contribution in [-0.2, 0) is 4.79 Å². The Bertz CT molecular complexity index is 626. The van der Waals surface area contributed by atoms with E-state index in [0.29, 0.717) is 39.4 Å². The minimum atomic E-state index is -0.140. The van der Waals surface area contributed by atoms with Crippen LogP contribution < -0.4 is 14.8 Å². The van der Waals surface area contributed by atoms with Gasteiger partial charge in [-0.15, -0.1) is 0 Å². The molecule has 0 unspecified atom stereocenters. The molecule has 7 heteroatoms. The molecule has 1 aromatic carbocycles. The highest BCUT2D eigenvalue weighted by molar-refractivity contribution is 5.76. The van der Waals surface area contributed by atoms with Gasteiger partial charge in [-0.1, -0.05) is 6.07 Å². The molecule has 1 fully saturated rings. The second kappa shape index (κ2) is 6.98. The molecule has 2 heterocycles. The first-order chi connectivity index (χ1) is 11.5. The lowest BCUT2D eigenvalue weighted by Crippen LogP contribution is -2.53. The van der Waals surface area contributed by atoms with Gasteiger partial charge in [-0.3, -0.25) is 4.79 Å². The number of carbonyl (C=O) groups excluding carboxylic acids is 2. The quantitative estimate of drug-likeness (QED) is 0.888. The Labute approximate surface area is 141 Å². The lowest BCUT2D eigenvalue weighted by Gasteiger charge is -2.34. The van der Waals surface area contributed by atoms with Gasteiger partial charge < -0.3 is 24.6 Å². The summed E-state index contributed by atoms with van der Waals surface area (Å²) in [5.41, 5.74) is 0.968. The van der Waals surface area contributed by atoms with E-state index >= 15 is 0 Å². The number of piperazine rings is 1. The van der Waals surface area contributed by atoms with Crippen molar-refractivity contribution in [3.8, 4) is 11.5 Å². The first-order valence-corrected chi connectivity index (χ1v) is 8.25. The van der Waals surface area contributed by atoms with Gasteiger partial charge in [0.05, 0.1) is 6.04 Å². The number of rotatable bonds is 2. The molecule has 0 radical (unpaired) electrons. The summed E-state index contributed by atoms with van der Waals surface area (Å²) in [5.74, 6) is 1.51. The van der Waals surface area contributed by atoms with Crippen molar-refractivity contribution in [2.75, 3.05) is 39.4 Å². The molecule has 1 atom stereocenters. The smallest absolute Gasteiger partial charge is 0.317 e. The summed E-state index contributed by atoms with van der Waals surface area (Å²) in [6.45, 7) is 6.87. The van der Waals surface area contributed by atoms with Crippen molar-refractivity contribution in [1.29, 1.82) is 0 Å². The van der Waals surface area contributed by atoms with Crippen molar-refractivity contribution >= 4 is 11.9 Å². The number of hydrogen-bond donors (Lipinski definition) is 1. The third-order valence-corrected chi connectivity index (χ3v) is 4.42. The minimum Gasteiger partial charge on any atom is -0.486 e. The molecule has 24 heavy (non-hydrogen) atoms. The van der Waals surface area contributed by atoms with Crippen LogP contribution in [-0.4, -0.2) is 61.1 Å². The molecular weight excluding hydrogens is 310 g/mol. The molecule has 2 aliphatic rings. The molecule has 2 aliphatic heterocycles. The second-order valence-electron chi connectivity index (χ2n) is 6.07. The number of fused-ring (bicyclic) bond motifs is 1. The average molecular weight is 333 g/mol. The first-order valence-electron chi connectivity index (χ1n) is 8.25. The standard InChI is InChI=1S/C17H23N3O4/c1-12(14-3-4-15-16(11-14)24-10-9-23-15)18-17(22)20-7-5-19(6-8-20)13(2)21/h3-4,11-12H,5-10H2,1-2H3,(H,18,22)/t12-/m1/s1. The molecule has 0 aromatic heterocycles. The molecule has 0 saturated carbocycles. The number of urea groups is 1. The maximum Gasteiger partial charge on any atom is 0.317 e. The van der Waals surface area contributed by atoms with Crippen molar-refractivity contribution in [2.45, 2.75) is 19.9 Å². The van der Waals surface area contributed by atoms with Crippen LogP contribution in [0.25, 0.3) is 0 Å². The van der Waals surface area contributed by atoms with Crippen LogP contribution in [0.2, 0.25) is 0 Å². The second-order valence-corrected chi connectivity index (χ2v) is 6.07. The molecule has 0 spiro atoms. The van der Waals surface area contributed by atoms with Crippen LogP contribution in [0.3, 0.4) is 0 Å². The zero-order chi connectivity index (χ0) is 17.1. The van der Waals surface area contributed by atoms with Gasteiger partial charge in [0, 0.05) is 33.1 Å². The summed E-state index contributed by atoms with van der Waals surface area (Å²) in [4.78, 5) is 27.2. The Morgan fingerprint density at radius 1 is 1.04 bits per heavy atom. The Morgan fingerprint density at radius 2 is 1.67 bits per heavy atom. The van der Waals surface area contributed by atoms with Crippen LogP contribution >= 0.6 is 0 Å². The van der Waals surface area contributed by atoms with Crippen LogP contribution in [0.15, 0.2) is 18.2 Å². The number of amides is 3. The van der Waals surface area contributed by atoms with Crippen molar-refractivity contribution in [3.63, 3.8) is 0 Å². The molecule has 1 aromatic rings. The molecule has 130 valence electrons. The molecule has 0 bridgehead atoms. The van der Waals surface area contributed by atoms with Gasteiger partial charge in [-0.25, -0.2) is 4.79 Å². The first kappa shape index (κ1) is 16.4. The van der Waals surface area contributed by atoms with Crippen LogP contribution in [0.1, 0.15) is 25.5 Å². The lowest BCUT2D eigenvalue weighted by molar-refractivity contribution is -0.130. The number of carbonyl (C=O) groups is 2. The van der Waals surface area contributed by atoms with Gasteiger partial charge in [0.25, 0.3) is 0 Å². The summed E-state index contributed by atoms with van der Waals surface area (Å²) in [5, 5.41) is 3.00. The van der Waals surface area contributed by atoms with E-state index in [1.165, 1.54) is 0 Å². The Kier molecular flexibility index (Phi) is 4.78. The van der Waals surface area contributed by atoms with E-state index in [1.807, 2.05) is 25.1 Å². The van der Waals surface area contributed by atoms with Crippen molar-refractivity contribution in [3.05, 3.63) is 23.8 Å². The molecule has 0 aliphatic carbocycles. The maximum absolute atomic E-state index is 12.4. The molecule has 3 rings (SSSR count). The Balaban J connectivity index is 1.57. The molecule has 3 amide bonds. The van der Waals surface area contributed by atoms with Crippen LogP contribution in [0.4, 0.5) is 4.79 Å². The van der Waals surface area contributed by atoms with E-state index in [9.17, 15) is 9.59 Å². The highest BCUT2D eigenvalue weighted by Gasteiger charge is 2.24. The largest absolute Gasteiger partial charge is 0.486 e. The van der Waals surface area contributed by atoms with Gasteiger partial charge in [0.1, 0.15) is 13.2 Å². The van der Waals surface area contributed by atoms with Crippen LogP contribution in [0.5, 0.6) is 11.5 Å². The zero-order valence-corrected chi connectivity index (χ0v) is 14.1. The van der Waals surface area contributed by atoms with E-state index < -0.39 is 0 Å². The number of nitrogens with one attached hydrogen (secondary N) is 1. The van der Waals surface area contributed by atoms with E-state index in [4.69, 9.17) is 9.47 Å². The normalized spacial score (nSPS) is 18.1. The monoisotopic (exact) mass is 333 g/mol. The van der Waals surface area contributed by atoms with E-state index in [0.717, 1.165) is 17.1 Å². The van der Waals surface area contributed by atoms with Crippen LogP contribution in [0, 0.1) is 0 Å².